The molecule has 0 saturated heterocycles. The Bertz CT molecular complexity index is 771. The molecular weight excluding hydrogens is 330 g/mol. The van der Waals surface area contributed by atoms with Crippen molar-refractivity contribution in [1.82, 2.24) is 0 Å². The number of nitrogens with zero attached hydrogens (tertiary/aromatic N) is 1. The molecule has 2 rings (SSSR count). The number of anilines is 1. The van der Waals surface area contributed by atoms with Crippen molar-refractivity contribution in [2.45, 2.75) is 46.6 Å². The van der Waals surface area contributed by atoms with Crippen LogP contribution in [0.2, 0.25) is 0 Å². The number of methoxy groups -OCH3 is 1. The van der Waals surface area contributed by atoms with Crippen molar-refractivity contribution in [3.8, 4) is 5.75 Å². The van der Waals surface area contributed by atoms with Crippen LogP contribution in [0.15, 0.2) is 36.4 Å². The van der Waals surface area contributed by atoms with Gasteiger partial charge in [0.25, 0.3) is 0 Å². The minimum Gasteiger partial charge on any atom is -0.489 e. The van der Waals surface area contributed by atoms with Crippen LogP contribution in [0.1, 0.15) is 48.9 Å². The predicted octanol–water partition coefficient (Wildman–Crippen LogP) is 5.22. The Balaban J connectivity index is 2.30. The number of aryl methyl sites for hydroxylation is 2. The monoisotopic (exact) mass is 357 g/mol. The van der Waals surface area contributed by atoms with Crippen LogP contribution in [0.5, 0.6) is 5.75 Å². The van der Waals surface area contributed by atoms with Crippen molar-refractivity contribution in [2.75, 3.05) is 12.2 Å². The lowest BCUT2D eigenvalue weighted by molar-refractivity contribution is 0.140. The lowest BCUT2D eigenvalue weighted by atomic mass is 10.00. The first-order valence-electron chi connectivity index (χ1n) is 8.79. The molecule has 140 valence electrons. The first kappa shape index (κ1) is 19.8. The van der Waals surface area contributed by atoms with E-state index >= 15 is 0 Å². The molecule has 0 aliphatic carbocycles. The molecule has 0 aliphatic rings. The largest absolute Gasteiger partial charge is 0.489 e. The Labute approximate surface area is 155 Å². The van der Waals surface area contributed by atoms with Gasteiger partial charge in [0.15, 0.2) is 0 Å². The number of ether oxygens (including phenoxy) is 2. The lowest BCUT2D eigenvalue weighted by Crippen LogP contribution is -2.28. The molecule has 0 fully saturated rings. The Hall–Kier alpha value is -2.53. The van der Waals surface area contributed by atoms with E-state index < -0.39 is 6.09 Å². The average Bonchev–Trinajstić information content (AvgIpc) is 2.65. The zero-order chi connectivity index (χ0) is 19.3. The third-order valence-corrected chi connectivity index (χ3v) is 4.38. The molecule has 2 aromatic carbocycles. The molecule has 0 radical (unpaired) electrons. The molecule has 0 heterocycles. The maximum absolute atomic E-state index is 11.7. The van der Waals surface area contributed by atoms with Crippen LogP contribution in [0.3, 0.4) is 0 Å². The molecule has 5 heteroatoms. The van der Waals surface area contributed by atoms with Gasteiger partial charge in [0.05, 0.1) is 12.8 Å². The van der Waals surface area contributed by atoms with Crippen LogP contribution in [-0.4, -0.2) is 18.4 Å². The summed E-state index contributed by atoms with van der Waals surface area (Å²) in [5, 5.41) is 10.6. The lowest BCUT2D eigenvalue weighted by Gasteiger charge is -2.20. The molecule has 1 amide bonds. The third-order valence-electron chi connectivity index (χ3n) is 4.38. The molecule has 0 bridgehead atoms. The number of carbonyl (C=O) groups excluding carboxylic acids is 1. The van der Waals surface area contributed by atoms with E-state index in [0.29, 0.717) is 22.2 Å². The van der Waals surface area contributed by atoms with Gasteiger partial charge in [-0.2, -0.15) is 5.06 Å². The Morgan fingerprint density at radius 2 is 1.92 bits per heavy atom. The van der Waals surface area contributed by atoms with Crippen molar-refractivity contribution >= 4 is 11.8 Å². The van der Waals surface area contributed by atoms with Gasteiger partial charge in [-0.25, -0.2) is 4.79 Å². The molecule has 0 saturated carbocycles. The molecule has 5 nitrogen and oxygen atoms in total. The van der Waals surface area contributed by atoms with Gasteiger partial charge in [-0.15, -0.1) is 0 Å². The number of amides is 1. The highest BCUT2D eigenvalue weighted by Gasteiger charge is 2.19. The maximum atomic E-state index is 11.7. The summed E-state index contributed by atoms with van der Waals surface area (Å²) >= 11 is 0. The third kappa shape index (κ3) is 4.55. The molecular formula is C21H27NO4. The molecule has 2 aromatic rings. The van der Waals surface area contributed by atoms with E-state index in [0.717, 1.165) is 23.3 Å². The van der Waals surface area contributed by atoms with Crippen LogP contribution in [0, 0.1) is 6.92 Å². The second-order valence-corrected chi connectivity index (χ2v) is 6.57. The summed E-state index contributed by atoms with van der Waals surface area (Å²) in [5.74, 6) is 1.10. The first-order valence-corrected chi connectivity index (χ1v) is 8.79. The summed E-state index contributed by atoms with van der Waals surface area (Å²) in [6.45, 7) is 8.53. The zero-order valence-corrected chi connectivity index (χ0v) is 16.1. The summed E-state index contributed by atoms with van der Waals surface area (Å²) < 4.78 is 10.6. The fraction of sp³-hybridized carbons (Fsp3) is 0.381. The number of benzene rings is 2. The van der Waals surface area contributed by atoms with Gasteiger partial charge in [-0.1, -0.05) is 39.0 Å². The highest BCUT2D eigenvalue weighted by Crippen LogP contribution is 2.28. The Morgan fingerprint density at radius 1 is 1.19 bits per heavy atom. The standard InChI is InChI=1S/C21H27NO4/c1-6-16-7-10-20(15(4)11-16)26-13-18-12-17(14(2)3)8-9-19(18)22(24)21(23)25-5/h7-12,14,24H,6,13H2,1-5H3. The highest BCUT2D eigenvalue weighted by molar-refractivity contribution is 5.85. The molecule has 0 spiro atoms. The van der Waals surface area contributed by atoms with E-state index in [-0.39, 0.29) is 6.61 Å². The molecule has 26 heavy (non-hydrogen) atoms. The van der Waals surface area contributed by atoms with Crippen LogP contribution in [0.25, 0.3) is 0 Å². The van der Waals surface area contributed by atoms with Crippen molar-refractivity contribution < 1.29 is 19.5 Å². The SMILES string of the molecule is CCc1ccc(OCc2cc(C(C)C)ccc2N(O)C(=O)OC)c(C)c1. The minimum atomic E-state index is -0.841. The number of hydroxylamine groups is 1. The average molecular weight is 357 g/mol. The quantitative estimate of drug-likeness (QED) is 0.569. The van der Waals surface area contributed by atoms with Crippen LogP contribution < -0.4 is 9.80 Å². The molecule has 0 aromatic heterocycles. The van der Waals surface area contributed by atoms with Crippen LogP contribution in [0.4, 0.5) is 10.5 Å². The Kier molecular flexibility index (Phi) is 6.64. The van der Waals surface area contributed by atoms with E-state index in [1.165, 1.54) is 12.7 Å². The molecule has 0 unspecified atom stereocenters. The second-order valence-electron chi connectivity index (χ2n) is 6.57. The van der Waals surface area contributed by atoms with E-state index in [1.54, 1.807) is 6.07 Å². The van der Waals surface area contributed by atoms with Crippen molar-refractivity contribution in [3.05, 3.63) is 58.7 Å². The summed E-state index contributed by atoms with van der Waals surface area (Å²) in [5.41, 5.74) is 4.47. The molecule has 0 aliphatic heterocycles. The van der Waals surface area contributed by atoms with Gasteiger partial charge in [0, 0.05) is 5.56 Å². The number of hydrogen-bond acceptors (Lipinski definition) is 4. The summed E-state index contributed by atoms with van der Waals surface area (Å²) in [7, 11) is 1.23. The topological polar surface area (TPSA) is 59.0 Å². The second kappa shape index (κ2) is 8.72. The first-order chi connectivity index (χ1) is 12.4. The summed E-state index contributed by atoms with van der Waals surface area (Å²) in [6, 6.07) is 11.6. The Morgan fingerprint density at radius 3 is 2.50 bits per heavy atom. The van der Waals surface area contributed by atoms with Gasteiger partial charge < -0.3 is 9.47 Å². The number of carbonyl (C=O) groups is 1. The highest BCUT2D eigenvalue weighted by atomic mass is 16.6. The van der Waals surface area contributed by atoms with E-state index in [4.69, 9.17) is 4.74 Å². The predicted molar refractivity (Wildman–Crippen MR) is 102 cm³/mol. The molecule has 0 atom stereocenters. The fourth-order valence-corrected chi connectivity index (χ4v) is 2.72. The number of rotatable bonds is 6. The fourth-order valence-electron chi connectivity index (χ4n) is 2.72. The summed E-state index contributed by atoms with van der Waals surface area (Å²) in [4.78, 5) is 11.7. The van der Waals surface area contributed by atoms with Gasteiger partial charge in [0.2, 0.25) is 0 Å². The number of hydrogen-bond donors (Lipinski definition) is 1. The molecule has 1 N–H and O–H groups in total. The van der Waals surface area contributed by atoms with Crippen molar-refractivity contribution in [1.29, 1.82) is 0 Å². The smallest absolute Gasteiger partial charge is 0.438 e. The minimum absolute atomic E-state index is 0.232. The van der Waals surface area contributed by atoms with Gasteiger partial charge in [-0.3, -0.25) is 5.21 Å². The normalized spacial score (nSPS) is 10.7. The zero-order valence-electron chi connectivity index (χ0n) is 16.1. The van der Waals surface area contributed by atoms with Crippen molar-refractivity contribution in [2.24, 2.45) is 0 Å². The van der Waals surface area contributed by atoms with Crippen molar-refractivity contribution in [3.63, 3.8) is 0 Å². The van der Waals surface area contributed by atoms with Crippen LogP contribution in [-0.2, 0) is 17.8 Å². The van der Waals surface area contributed by atoms with E-state index in [2.05, 4.69) is 31.6 Å². The maximum Gasteiger partial charge on any atom is 0.438 e. The summed E-state index contributed by atoms with van der Waals surface area (Å²) in [6.07, 6.45) is 0.132. The van der Waals surface area contributed by atoms with E-state index in [1.807, 2.05) is 31.2 Å². The van der Waals surface area contributed by atoms with Gasteiger partial charge >= 0.3 is 6.09 Å². The van der Waals surface area contributed by atoms with Gasteiger partial charge in [-0.05, 0) is 54.2 Å². The van der Waals surface area contributed by atoms with Crippen LogP contribution >= 0.6 is 0 Å². The van der Waals surface area contributed by atoms with Gasteiger partial charge in [0.1, 0.15) is 12.4 Å². The van der Waals surface area contributed by atoms with E-state index in [9.17, 15) is 10.0 Å².